The van der Waals surface area contributed by atoms with Crippen molar-refractivity contribution in [2.24, 2.45) is 7.05 Å². The summed E-state index contributed by atoms with van der Waals surface area (Å²) in [6.45, 7) is 4.97. The van der Waals surface area contributed by atoms with Gasteiger partial charge in [0.05, 0.1) is 27.2 Å². The van der Waals surface area contributed by atoms with E-state index in [1.807, 2.05) is 37.6 Å². The Labute approximate surface area is 157 Å². The Balaban J connectivity index is 1.88. The highest BCUT2D eigenvalue weighted by Gasteiger charge is 2.29. The molecule has 0 bridgehead atoms. The van der Waals surface area contributed by atoms with Gasteiger partial charge in [0, 0.05) is 19.6 Å². The predicted molar refractivity (Wildman–Crippen MR) is 106 cm³/mol. The first-order chi connectivity index (χ1) is 12.6. The zero-order valence-electron chi connectivity index (χ0n) is 15.5. The average molecular weight is 369 g/mol. The van der Waals surface area contributed by atoms with Gasteiger partial charge in [-0.15, -0.1) is 11.3 Å². The molecule has 26 heavy (non-hydrogen) atoms. The number of likely N-dealkylation sites (tertiary alicyclic amines) is 1. The second-order valence-corrected chi connectivity index (χ2v) is 7.94. The van der Waals surface area contributed by atoms with Gasteiger partial charge in [-0.05, 0) is 50.1 Å². The van der Waals surface area contributed by atoms with E-state index in [1.54, 1.807) is 16.0 Å². The van der Waals surface area contributed by atoms with E-state index in [4.69, 9.17) is 4.98 Å². The summed E-state index contributed by atoms with van der Waals surface area (Å²) in [7, 11) is 1.89. The molecule has 5 nitrogen and oxygen atoms in total. The lowest BCUT2D eigenvalue weighted by molar-refractivity contribution is 0.0610. The molecule has 6 heteroatoms. The minimum Gasteiger partial charge on any atom is -0.336 e. The van der Waals surface area contributed by atoms with E-state index in [1.165, 1.54) is 6.42 Å². The van der Waals surface area contributed by atoms with Gasteiger partial charge in [0.1, 0.15) is 0 Å². The number of rotatable bonds is 3. The number of fused-ring (bicyclic) bond motifs is 1. The Morgan fingerprint density at radius 1 is 1.38 bits per heavy atom. The number of aryl methyl sites for hydroxylation is 2. The van der Waals surface area contributed by atoms with Crippen LogP contribution in [0.4, 0.5) is 0 Å². The van der Waals surface area contributed by atoms with Gasteiger partial charge in [-0.25, -0.2) is 4.98 Å². The van der Waals surface area contributed by atoms with Crippen LogP contribution in [0.3, 0.4) is 0 Å². The van der Waals surface area contributed by atoms with Gasteiger partial charge >= 0.3 is 0 Å². The fraction of sp³-hybridized carbons (Fsp3) is 0.450. The third kappa shape index (κ3) is 2.82. The second-order valence-electron chi connectivity index (χ2n) is 7.00. The van der Waals surface area contributed by atoms with E-state index < -0.39 is 0 Å². The van der Waals surface area contributed by atoms with E-state index >= 15 is 0 Å². The number of pyridine rings is 1. The standard InChI is InChI=1S/C20H24N4OS/c1-4-14-8-5-6-10-24(14)20(25)15-12-16(17-9-7-11-26-17)21-19-18(15)13(2)22-23(19)3/h7,9,11-12,14H,4-6,8,10H2,1-3H3. The van der Waals surface area contributed by atoms with Crippen LogP contribution in [0.2, 0.25) is 0 Å². The maximum absolute atomic E-state index is 13.5. The molecule has 0 N–H and O–H groups in total. The number of piperidine rings is 1. The second kappa shape index (κ2) is 6.83. The largest absolute Gasteiger partial charge is 0.336 e. The minimum atomic E-state index is 0.123. The molecular weight excluding hydrogens is 344 g/mol. The van der Waals surface area contributed by atoms with Crippen molar-refractivity contribution < 1.29 is 4.79 Å². The Hall–Kier alpha value is -2.21. The van der Waals surface area contributed by atoms with Crippen LogP contribution in [0, 0.1) is 6.92 Å². The molecule has 1 aliphatic heterocycles. The number of hydrogen-bond donors (Lipinski definition) is 0. The monoisotopic (exact) mass is 368 g/mol. The molecule has 1 amide bonds. The maximum Gasteiger partial charge on any atom is 0.254 e. The van der Waals surface area contributed by atoms with Crippen LogP contribution in [0.25, 0.3) is 21.6 Å². The lowest BCUT2D eigenvalue weighted by atomic mass is 9.98. The molecule has 136 valence electrons. The van der Waals surface area contributed by atoms with Gasteiger partial charge < -0.3 is 4.90 Å². The summed E-state index contributed by atoms with van der Waals surface area (Å²) < 4.78 is 1.78. The Morgan fingerprint density at radius 3 is 2.96 bits per heavy atom. The number of amides is 1. The van der Waals surface area contributed by atoms with Crippen LogP contribution in [0.5, 0.6) is 0 Å². The van der Waals surface area contributed by atoms with Crippen LogP contribution in [-0.2, 0) is 7.05 Å². The highest BCUT2D eigenvalue weighted by atomic mass is 32.1. The fourth-order valence-electron chi connectivity index (χ4n) is 4.01. The quantitative estimate of drug-likeness (QED) is 0.688. The number of nitrogens with zero attached hydrogens (tertiary/aromatic N) is 4. The first kappa shape index (κ1) is 17.2. The molecule has 3 aromatic heterocycles. The topological polar surface area (TPSA) is 51.0 Å². The smallest absolute Gasteiger partial charge is 0.254 e. The summed E-state index contributed by atoms with van der Waals surface area (Å²) in [5, 5.41) is 7.45. The molecular formula is C20H24N4OS. The van der Waals surface area contributed by atoms with Crippen molar-refractivity contribution in [1.29, 1.82) is 0 Å². The van der Waals surface area contributed by atoms with Crippen molar-refractivity contribution in [2.75, 3.05) is 6.54 Å². The Kier molecular flexibility index (Phi) is 4.53. The van der Waals surface area contributed by atoms with Gasteiger partial charge in [0.25, 0.3) is 5.91 Å². The first-order valence-corrected chi connectivity index (χ1v) is 10.2. The van der Waals surface area contributed by atoms with E-state index in [0.717, 1.165) is 58.7 Å². The van der Waals surface area contributed by atoms with Gasteiger partial charge in [0.2, 0.25) is 0 Å². The third-order valence-corrected chi connectivity index (χ3v) is 6.22. The fourth-order valence-corrected chi connectivity index (χ4v) is 4.70. The lowest BCUT2D eigenvalue weighted by Crippen LogP contribution is -2.43. The number of aromatic nitrogens is 3. The van der Waals surface area contributed by atoms with Crippen molar-refractivity contribution in [3.8, 4) is 10.6 Å². The average Bonchev–Trinajstić information content (AvgIpc) is 3.29. The molecule has 0 spiro atoms. The van der Waals surface area contributed by atoms with E-state index in [0.29, 0.717) is 6.04 Å². The van der Waals surface area contributed by atoms with Crippen LogP contribution >= 0.6 is 11.3 Å². The third-order valence-electron chi connectivity index (χ3n) is 5.33. The van der Waals surface area contributed by atoms with Crippen molar-refractivity contribution in [3.05, 3.63) is 34.8 Å². The molecule has 4 rings (SSSR count). The van der Waals surface area contributed by atoms with Gasteiger partial charge in [-0.3, -0.25) is 9.48 Å². The lowest BCUT2D eigenvalue weighted by Gasteiger charge is -2.35. The molecule has 0 saturated carbocycles. The van der Waals surface area contributed by atoms with Crippen molar-refractivity contribution >= 4 is 28.3 Å². The molecule has 0 aliphatic carbocycles. The number of carbonyl (C=O) groups excluding carboxylic acids is 1. The number of carbonyl (C=O) groups is 1. The molecule has 3 aromatic rings. The summed E-state index contributed by atoms with van der Waals surface area (Å²) in [5.74, 6) is 0.123. The summed E-state index contributed by atoms with van der Waals surface area (Å²) in [6.07, 6.45) is 4.39. The Morgan fingerprint density at radius 2 is 2.23 bits per heavy atom. The highest BCUT2D eigenvalue weighted by Crippen LogP contribution is 2.31. The van der Waals surface area contributed by atoms with Gasteiger partial charge in [-0.2, -0.15) is 5.10 Å². The first-order valence-electron chi connectivity index (χ1n) is 9.29. The normalized spacial score (nSPS) is 17.8. The van der Waals surface area contributed by atoms with E-state index in [9.17, 15) is 4.79 Å². The number of hydrogen-bond acceptors (Lipinski definition) is 4. The molecule has 1 fully saturated rings. The van der Waals surface area contributed by atoms with Crippen molar-refractivity contribution in [2.45, 2.75) is 45.6 Å². The van der Waals surface area contributed by atoms with Gasteiger partial charge in [-0.1, -0.05) is 13.0 Å². The number of thiophene rings is 1. The Bertz CT molecular complexity index is 945. The van der Waals surface area contributed by atoms with Crippen molar-refractivity contribution in [3.63, 3.8) is 0 Å². The molecule has 0 aromatic carbocycles. The molecule has 1 aliphatic rings. The molecule has 1 atom stereocenters. The zero-order chi connectivity index (χ0) is 18.3. The highest BCUT2D eigenvalue weighted by molar-refractivity contribution is 7.13. The maximum atomic E-state index is 13.5. The molecule has 1 saturated heterocycles. The van der Waals surface area contributed by atoms with Crippen LogP contribution < -0.4 is 0 Å². The van der Waals surface area contributed by atoms with Crippen LogP contribution in [0.1, 0.15) is 48.7 Å². The van der Waals surface area contributed by atoms with Crippen LogP contribution in [-0.4, -0.2) is 38.2 Å². The van der Waals surface area contributed by atoms with Crippen molar-refractivity contribution in [1.82, 2.24) is 19.7 Å². The molecule has 1 unspecified atom stereocenters. The SMILES string of the molecule is CCC1CCCCN1C(=O)c1cc(-c2cccs2)nc2c1c(C)nn2C. The van der Waals surface area contributed by atoms with E-state index in [-0.39, 0.29) is 5.91 Å². The molecule has 4 heterocycles. The molecule has 0 radical (unpaired) electrons. The minimum absolute atomic E-state index is 0.123. The zero-order valence-corrected chi connectivity index (χ0v) is 16.3. The van der Waals surface area contributed by atoms with Crippen LogP contribution in [0.15, 0.2) is 23.6 Å². The summed E-state index contributed by atoms with van der Waals surface area (Å²) >= 11 is 1.64. The predicted octanol–water partition coefficient (Wildman–Crippen LogP) is 4.41. The summed E-state index contributed by atoms with van der Waals surface area (Å²) in [4.78, 5) is 21.5. The summed E-state index contributed by atoms with van der Waals surface area (Å²) in [6, 6.07) is 6.36. The summed E-state index contributed by atoms with van der Waals surface area (Å²) in [5.41, 5.74) is 3.23. The van der Waals surface area contributed by atoms with Gasteiger partial charge in [0.15, 0.2) is 5.65 Å². The van der Waals surface area contributed by atoms with E-state index in [2.05, 4.69) is 16.9 Å².